The Labute approximate surface area is 153 Å². The highest BCUT2D eigenvalue weighted by Crippen LogP contribution is 2.41. The van der Waals surface area contributed by atoms with Crippen LogP contribution in [-0.2, 0) is 18.3 Å². The maximum atomic E-state index is 10.7. The van der Waals surface area contributed by atoms with Crippen LogP contribution in [0.1, 0.15) is 18.5 Å². The molecule has 0 radical (unpaired) electrons. The Hall–Kier alpha value is -2.83. The maximum Gasteiger partial charge on any atom is 0.148 e. The van der Waals surface area contributed by atoms with E-state index in [9.17, 15) is 4.79 Å². The van der Waals surface area contributed by atoms with Crippen molar-refractivity contribution in [2.75, 3.05) is 32.2 Å². The second-order valence-electron chi connectivity index (χ2n) is 6.26. The first-order valence-electron chi connectivity index (χ1n) is 8.68. The number of carbonyl (C=O) groups excluding carboxylic acids is 1. The third kappa shape index (κ3) is 3.71. The van der Waals surface area contributed by atoms with Gasteiger partial charge in [0, 0.05) is 50.6 Å². The van der Waals surface area contributed by atoms with E-state index in [1.807, 2.05) is 36.0 Å². The molecule has 7 nitrogen and oxygen atoms in total. The number of ether oxygens (including phenoxy) is 2. The van der Waals surface area contributed by atoms with Gasteiger partial charge in [-0.25, -0.2) is 0 Å². The lowest BCUT2D eigenvalue weighted by Gasteiger charge is -2.21. The summed E-state index contributed by atoms with van der Waals surface area (Å²) >= 11 is 0. The zero-order valence-electron chi connectivity index (χ0n) is 15.4. The number of carbonyl (C=O) groups is 1. The monoisotopic (exact) mass is 356 g/mol. The molecule has 1 aromatic carbocycles. The lowest BCUT2D eigenvalue weighted by Crippen LogP contribution is -2.18. The summed E-state index contributed by atoms with van der Waals surface area (Å²) < 4.78 is 12.9. The minimum atomic E-state index is 0.355. The standard InChI is InChI=1S/C19H24N4O3/c1-22-13-14(10-15(22)6-9-24)20-21-16-11-19(26-3)17(12-18(16)25-2)23-7-4-5-8-23/h9-13H,4-8H2,1-3H3/b21-20+. The van der Waals surface area contributed by atoms with Gasteiger partial charge >= 0.3 is 0 Å². The third-order valence-electron chi connectivity index (χ3n) is 4.59. The van der Waals surface area contributed by atoms with E-state index in [0.717, 1.165) is 36.5 Å². The van der Waals surface area contributed by atoms with Crippen molar-refractivity contribution in [3.8, 4) is 11.5 Å². The number of aromatic nitrogens is 1. The molecule has 1 aliphatic rings. The predicted octanol–water partition coefficient (Wildman–Crippen LogP) is 3.80. The molecule has 1 aliphatic heterocycles. The summed E-state index contributed by atoms with van der Waals surface area (Å²) in [6.07, 6.45) is 5.44. The molecule has 26 heavy (non-hydrogen) atoms. The molecule has 0 spiro atoms. The van der Waals surface area contributed by atoms with Crippen molar-refractivity contribution in [3.05, 3.63) is 30.1 Å². The van der Waals surface area contributed by atoms with Crippen LogP contribution in [0.4, 0.5) is 17.1 Å². The van der Waals surface area contributed by atoms with E-state index in [-0.39, 0.29) is 0 Å². The van der Waals surface area contributed by atoms with Crippen molar-refractivity contribution in [2.24, 2.45) is 17.3 Å². The van der Waals surface area contributed by atoms with Gasteiger partial charge in [0.1, 0.15) is 29.2 Å². The van der Waals surface area contributed by atoms with Gasteiger partial charge in [0.15, 0.2) is 0 Å². The molecule has 1 aromatic heterocycles. The second kappa shape index (κ2) is 8.03. The molecule has 0 N–H and O–H groups in total. The molecule has 2 heterocycles. The summed E-state index contributed by atoms with van der Waals surface area (Å²) in [5.41, 5.74) is 3.21. The average Bonchev–Trinajstić information content (AvgIpc) is 3.30. The van der Waals surface area contributed by atoms with Crippen molar-refractivity contribution in [1.82, 2.24) is 4.57 Å². The molecule has 3 rings (SSSR count). The van der Waals surface area contributed by atoms with Gasteiger partial charge < -0.3 is 23.7 Å². The molecule has 7 heteroatoms. The summed E-state index contributed by atoms with van der Waals surface area (Å²) in [6, 6.07) is 5.66. The van der Waals surface area contributed by atoms with Gasteiger partial charge in [-0.1, -0.05) is 0 Å². The van der Waals surface area contributed by atoms with E-state index in [1.54, 1.807) is 14.2 Å². The molecular weight excluding hydrogens is 332 g/mol. The Morgan fingerprint density at radius 1 is 1.08 bits per heavy atom. The fourth-order valence-electron chi connectivity index (χ4n) is 3.19. The molecule has 2 aromatic rings. The number of methoxy groups -OCH3 is 2. The lowest BCUT2D eigenvalue weighted by atomic mass is 10.2. The summed E-state index contributed by atoms with van der Waals surface area (Å²) in [5.74, 6) is 1.41. The van der Waals surface area contributed by atoms with Crippen LogP contribution >= 0.6 is 0 Å². The van der Waals surface area contributed by atoms with Crippen molar-refractivity contribution in [2.45, 2.75) is 19.3 Å². The Morgan fingerprint density at radius 2 is 1.81 bits per heavy atom. The maximum absolute atomic E-state index is 10.7. The van der Waals surface area contributed by atoms with Crippen molar-refractivity contribution in [3.63, 3.8) is 0 Å². The van der Waals surface area contributed by atoms with Gasteiger partial charge in [-0.15, -0.1) is 10.2 Å². The van der Waals surface area contributed by atoms with Gasteiger partial charge in [-0.3, -0.25) is 0 Å². The number of aldehydes is 1. The zero-order chi connectivity index (χ0) is 18.5. The Balaban J connectivity index is 1.91. The van der Waals surface area contributed by atoms with E-state index in [4.69, 9.17) is 9.47 Å². The van der Waals surface area contributed by atoms with Crippen LogP contribution in [0.2, 0.25) is 0 Å². The first-order chi connectivity index (χ1) is 12.7. The minimum Gasteiger partial charge on any atom is -0.494 e. The fraction of sp³-hybridized carbons (Fsp3) is 0.421. The van der Waals surface area contributed by atoms with Gasteiger partial charge in [0.25, 0.3) is 0 Å². The van der Waals surface area contributed by atoms with E-state index in [2.05, 4.69) is 15.1 Å². The highest BCUT2D eigenvalue weighted by atomic mass is 16.5. The molecule has 138 valence electrons. The van der Waals surface area contributed by atoms with Crippen LogP contribution in [0.25, 0.3) is 0 Å². The number of hydrogen-bond acceptors (Lipinski definition) is 6. The molecule has 0 bridgehead atoms. The molecular formula is C19H24N4O3. The Morgan fingerprint density at radius 3 is 2.46 bits per heavy atom. The number of hydrogen-bond donors (Lipinski definition) is 0. The molecule has 0 amide bonds. The van der Waals surface area contributed by atoms with Crippen LogP contribution < -0.4 is 14.4 Å². The topological polar surface area (TPSA) is 68.4 Å². The summed E-state index contributed by atoms with van der Waals surface area (Å²) in [7, 11) is 5.16. The first kappa shape index (κ1) is 18.0. The van der Waals surface area contributed by atoms with Crippen molar-refractivity contribution < 1.29 is 14.3 Å². The Kier molecular flexibility index (Phi) is 5.55. The third-order valence-corrected chi connectivity index (χ3v) is 4.59. The predicted molar refractivity (Wildman–Crippen MR) is 100 cm³/mol. The molecule has 0 unspecified atom stereocenters. The van der Waals surface area contributed by atoms with E-state index in [0.29, 0.717) is 23.5 Å². The van der Waals surface area contributed by atoms with Gasteiger partial charge in [0.05, 0.1) is 19.9 Å². The lowest BCUT2D eigenvalue weighted by molar-refractivity contribution is -0.107. The summed E-state index contributed by atoms with van der Waals surface area (Å²) in [6.45, 7) is 2.04. The summed E-state index contributed by atoms with van der Waals surface area (Å²) in [5, 5.41) is 8.63. The van der Waals surface area contributed by atoms with Crippen LogP contribution in [0, 0.1) is 0 Å². The average molecular weight is 356 g/mol. The zero-order valence-corrected chi connectivity index (χ0v) is 15.4. The van der Waals surface area contributed by atoms with Crippen molar-refractivity contribution >= 4 is 23.3 Å². The number of rotatable bonds is 7. The van der Waals surface area contributed by atoms with Crippen LogP contribution in [0.3, 0.4) is 0 Å². The number of aryl methyl sites for hydroxylation is 1. The minimum absolute atomic E-state index is 0.355. The quantitative estimate of drug-likeness (QED) is 0.559. The molecule has 1 fully saturated rings. The number of nitrogens with zero attached hydrogens (tertiary/aromatic N) is 4. The second-order valence-corrected chi connectivity index (χ2v) is 6.26. The first-order valence-corrected chi connectivity index (χ1v) is 8.68. The van der Waals surface area contributed by atoms with Crippen LogP contribution in [0.15, 0.2) is 34.6 Å². The highest BCUT2D eigenvalue weighted by molar-refractivity contribution is 5.70. The molecule has 1 saturated heterocycles. The molecule has 0 saturated carbocycles. The Bertz CT molecular complexity index is 807. The van der Waals surface area contributed by atoms with Crippen molar-refractivity contribution in [1.29, 1.82) is 0 Å². The van der Waals surface area contributed by atoms with Gasteiger partial charge in [-0.2, -0.15) is 0 Å². The number of azo groups is 1. The SMILES string of the molecule is COc1cc(N2CCCC2)c(OC)cc1/N=N/c1cc(CC=O)n(C)c1. The largest absolute Gasteiger partial charge is 0.494 e. The summed E-state index contributed by atoms with van der Waals surface area (Å²) in [4.78, 5) is 13.0. The molecule has 0 aliphatic carbocycles. The van der Waals surface area contributed by atoms with Gasteiger partial charge in [-0.05, 0) is 18.9 Å². The van der Waals surface area contributed by atoms with Crippen LogP contribution in [0.5, 0.6) is 11.5 Å². The number of benzene rings is 1. The number of anilines is 1. The smallest absolute Gasteiger partial charge is 0.148 e. The van der Waals surface area contributed by atoms with E-state index < -0.39 is 0 Å². The fourth-order valence-corrected chi connectivity index (χ4v) is 3.19. The molecule has 0 atom stereocenters. The van der Waals surface area contributed by atoms with Crippen LogP contribution in [-0.4, -0.2) is 38.2 Å². The van der Waals surface area contributed by atoms with E-state index >= 15 is 0 Å². The highest BCUT2D eigenvalue weighted by Gasteiger charge is 2.19. The van der Waals surface area contributed by atoms with Gasteiger partial charge in [0.2, 0.25) is 0 Å². The van der Waals surface area contributed by atoms with E-state index in [1.165, 1.54) is 12.8 Å². The normalized spacial score (nSPS) is 14.2.